The van der Waals surface area contributed by atoms with Gasteiger partial charge >= 0.3 is 5.97 Å². The Bertz CT molecular complexity index is 504. The van der Waals surface area contributed by atoms with Crippen molar-refractivity contribution < 1.29 is 14.6 Å². The molecule has 2 rings (SSSR count). The highest BCUT2D eigenvalue weighted by atomic mass is 16.5. The zero-order valence-corrected chi connectivity index (χ0v) is 12.3. The van der Waals surface area contributed by atoms with Gasteiger partial charge in [0, 0.05) is 24.4 Å². The van der Waals surface area contributed by atoms with E-state index in [4.69, 9.17) is 4.74 Å². The van der Waals surface area contributed by atoms with Gasteiger partial charge < -0.3 is 9.84 Å². The second kappa shape index (κ2) is 5.79. The predicted molar refractivity (Wildman–Crippen MR) is 75.8 cm³/mol. The van der Waals surface area contributed by atoms with Crippen LogP contribution in [0, 0.1) is 6.92 Å². The number of ether oxygens (including phenoxy) is 1. The molecule has 5 heteroatoms. The first-order valence-corrected chi connectivity index (χ1v) is 6.96. The van der Waals surface area contributed by atoms with Crippen LogP contribution in [0.5, 0.6) is 5.75 Å². The second-order valence-electron chi connectivity index (χ2n) is 5.60. The zero-order chi connectivity index (χ0) is 14.8. The molecule has 0 aromatic carbocycles. The van der Waals surface area contributed by atoms with Crippen molar-refractivity contribution in [2.45, 2.75) is 45.2 Å². The maximum Gasteiger partial charge on any atom is 0.323 e. The maximum atomic E-state index is 11.6. The number of aliphatic carboxylic acids is 1. The molecule has 0 saturated carbocycles. The number of hydrogen-bond acceptors (Lipinski definition) is 4. The molecule has 0 aliphatic carbocycles. The van der Waals surface area contributed by atoms with Crippen LogP contribution in [0.25, 0.3) is 0 Å². The predicted octanol–water partition coefficient (Wildman–Crippen LogP) is 2.23. The number of piperidine rings is 1. The lowest BCUT2D eigenvalue weighted by Gasteiger charge is -2.41. The molecule has 1 aliphatic rings. The number of aryl methyl sites for hydroxylation is 1. The van der Waals surface area contributed by atoms with Gasteiger partial charge in [0.2, 0.25) is 0 Å². The van der Waals surface area contributed by atoms with E-state index < -0.39 is 11.5 Å². The highest BCUT2D eigenvalue weighted by Crippen LogP contribution is 2.30. The van der Waals surface area contributed by atoms with Gasteiger partial charge in [0.05, 0.1) is 12.8 Å². The number of carboxylic acids is 1. The molecule has 1 aromatic heterocycles. The van der Waals surface area contributed by atoms with E-state index in [0.29, 0.717) is 13.0 Å². The first-order chi connectivity index (χ1) is 9.45. The molecule has 20 heavy (non-hydrogen) atoms. The molecule has 0 amide bonds. The van der Waals surface area contributed by atoms with Crippen molar-refractivity contribution in [3.8, 4) is 5.75 Å². The summed E-state index contributed by atoms with van der Waals surface area (Å²) < 4.78 is 5.25. The van der Waals surface area contributed by atoms with Crippen LogP contribution in [0.1, 0.15) is 37.6 Å². The van der Waals surface area contributed by atoms with E-state index in [-0.39, 0.29) is 0 Å². The molecule has 1 atom stereocenters. The second-order valence-corrected chi connectivity index (χ2v) is 5.60. The van der Waals surface area contributed by atoms with E-state index in [1.807, 2.05) is 30.9 Å². The summed E-state index contributed by atoms with van der Waals surface area (Å²) in [4.78, 5) is 18.1. The zero-order valence-electron chi connectivity index (χ0n) is 12.3. The standard InChI is InChI=1S/C15H22N2O3/c1-11-8-13(20-3)9-12(16-11)10-17-7-5-4-6-15(17,2)14(18)19/h8-9H,4-7,10H2,1-3H3,(H,18,19). The summed E-state index contributed by atoms with van der Waals surface area (Å²) in [5.41, 5.74) is 0.946. The van der Waals surface area contributed by atoms with Crippen LogP contribution < -0.4 is 4.74 Å². The van der Waals surface area contributed by atoms with Crippen LogP contribution in [0.3, 0.4) is 0 Å². The highest BCUT2D eigenvalue weighted by molar-refractivity contribution is 5.78. The molecule has 2 heterocycles. The molecule has 1 aromatic rings. The van der Waals surface area contributed by atoms with Crippen molar-refractivity contribution in [2.75, 3.05) is 13.7 Å². The fourth-order valence-electron chi connectivity index (χ4n) is 2.77. The smallest absolute Gasteiger partial charge is 0.323 e. The lowest BCUT2D eigenvalue weighted by atomic mass is 9.88. The van der Waals surface area contributed by atoms with Gasteiger partial charge in [0.1, 0.15) is 11.3 Å². The molecule has 1 aliphatic heterocycles. The van der Waals surface area contributed by atoms with Crippen molar-refractivity contribution in [1.82, 2.24) is 9.88 Å². The average Bonchev–Trinajstić information content (AvgIpc) is 2.40. The number of likely N-dealkylation sites (tertiary alicyclic amines) is 1. The summed E-state index contributed by atoms with van der Waals surface area (Å²) in [6, 6.07) is 3.75. The quantitative estimate of drug-likeness (QED) is 0.915. The van der Waals surface area contributed by atoms with Crippen LogP contribution in [-0.4, -0.2) is 40.2 Å². The topological polar surface area (TPSA) is 62.7 Å². The fourth-order valence-corrected chi connectivity index (χ4v) is 2.77. The molecular weight excluding hydrogens is 256 g/mol. The minimum atomic E-state index is -0.795. The van der Waals surface area contributed by atoms with Gasteiger partial charge in [-0.05, 0) is 39.7 Å². The van der Waals surface area contributed by atoms with Crippen LogP contribution in [0.2, 0.25) is 0 Å². The van der Waals surface area contributed by atoms with Gasteiger partial charge in [-0.3, -0.25) is 14.7 Å². The number of carbonyl (C=O) groups is 1. The molecule has 1 unspecified atom stereocenters. The first-order valence-electron chi connectivity index (χ1n) is 6.96. The number of pyridine rings is 1. The lowest BCUT2D eigenvalue weighted by Crippen LogP contribution is -2.54. The molecule has 0 radical (unpaired) electrons. The molecule has 0 spiro atoms. The third-order valence-corrected chi connectivity index (χ3v) is 4.07. The Hall–Kier alpha value is -1.62. The fraction of sp³-hybridized carbons (Fsp3) is 0.600. The largest absolute Gasteiger partial charge is 0.497 e. The third-order valence-electron chi connectivity index (χ3n) is 4.07. The molecule has 1 saturated heterocycles. The van der Waals surface area contributed by atoms with Crippen LogP contribution >= 0.6 is 0 Å². The maximum absolute atomic E-state index is 11.6. The summed E-state index contributed by atoms with van der Waals surface area (Å²) in [6.45, 7) is 5.06. The molecular formula is C15H22N2O3. The van der Waals surface area contributed by atoms with E-state index >= 15 is 0 Å². The Morgan fingerprint density at radius 3 is 2.90 bits per heavy atom. The van der Waals surface area contributed by atoms with Crippen molar-refractivity contribution in [3.05, 3.63) is 23.5 Å². The molecule has 1 fully saturated rings. The number of hydrogen-bond donors (Lipinski definition) is 1. The Morgan fingerprint density at radius 1 is 1.50 bits per heavy atom. The highest BCUT2D eigenvalue weighted by Gasteiger charge is 2.41. The molecule has 110 valence electrons. The number of carboxylic acid groups (broad SMARTS) is 1. The number of rotatable bonds is 4. The van der Waals surface area contributed by atoms with E-state index in [1.54, 1.807) is 7.11 Å². The number of nitrogens with zero attached hydrogens (tertiary/aromatic N) is 2. The Morgan fingerprint density at radius 2 is 2.25 bits per heavy atom. The minimum Gasteiger partial charge on any atom is -0.497 e. The summed E-state index contributed by atoms with van der Waals surface area (Å²) in [6.07, 6.45) is 2.68. The Balaban J connectivity index is 2.23. The average molecular weight is 278 g/mol. The van der Waals surface area contributed by atoms with E-state index in [0.717, 1.165) is 36.5 Å². The van der Waals surface area contributed by atoms with Crippen LogP contribution in [0.4, 0.5) is 0 Å². The van der Waals surface area contributed by atoms with Crippen molar-refractivity contribution in [1.29, 1.82) is 0 Å². The molecule has 1 N–H and O–H groups in total. The summed E-state index contributed by atoms with van der Waals surface area (Å²) in [5, 5.41) is 9.51. The van der Waals surface area contributed by atoms with Gasteiger partial charge in [-0.2, -0.15) is 0 Å². The minimum absolute atomic E-state index is 0.542. The number of aromatic nitrogens is 1. The molecule has 5 nitrogen and oxygen atoms in total. The summed E-state index contributed by atoms with van der Waals surface area (Å²) >= 11 is 0. The SMILES string of the molecule is COc1cc(C)nc(CN2CCCCC2(C)C(=O)O)c1. The van der Waals surface area contributed by atoms with Crippen LogP contribution in [0.15, 0.2) is 12.1 Å². The normalized spacial score (nSPS) is 23.6. The molecule has 0 bridgehead atoms. The van der Waals surface area contributed by atoms with Gasteiger partial charge in [-0.15, -0.1) is 0 Å². The van der Waals surface area contributed by atoms with Gasteiger partial charge in [-0.1, -0.05) is 0 Å². The van der Waals surface area contributed by atoms with Crippen molar-refractivity contribution in [2.24, 2.45) is 0 Å². The van der Waals surface area contributed by atoms with E-state index in [2.05, 4.69) is 4.98 Å². The number of methoxy groups -OCH3 is 1. The summed E-state index contributed by atoms with van der Waals surface area (Å²) in [7, 11) is 1.63. The summed E-state index contributed by atoms with van der Waals surface area (Å²) in [5.74, 6) is 0.0124. The van der Waals surface area contributed by atoms with Crippen molar-refractivity contribution in [3.63, 3.8) is 0 Å². The first kappa shape index (κ1) is 14.8. The third kappa shape index (κ3) is 2.93. The van der Waals surface area contributed by atoms with Crippen LogP contribution in [-0.2, 0) is 11.3 Å². The lowest BCUT2D eigenvalue weighted by molar-refractivity contribution is -0.153. The van der Waals surface area contributed by atoms with Gasteiger partial charge in [0.15, 0.2) is 0 Å². The van der Waals surface area contributed by atoms with Gasteiger partial charge in [0.25, 0.3) is 0 Å². The monoisotopic (exact) mass is 278 g/mol. The Labute approximate surface area is 119 Å². The van der Waals surface area contributed by atoms with E-state index in [9.17, 15) is 9.90 Å². The van der Waals surface area contributed by atoms with Crippen molar-refractivity contribution >= 4 is 5.97 Å². The van der Waals surface area contributed by atoms with E-state index in [1.165, 1.54) is 0 Å². The Kier molecular flexibility index (Phi) is 4.28. The van der Waals surface area contributed by atoms with Gasteiger partial charge in [-0.25, -0.2) is 0 Å².